The lowest BCUT2D eigenvalue weighted by Crippen LogP contribution is -2.14. The molecule has 1 aliphatic heterocycles. The van der Waals surface area contributed by atoms with E-state index in [9.17, 15) is 9.59 Å². The van der Waals surface area contributed by atoms with E-state index >= 15 is 0 Å². The molecule has 14 heteroatoms. The second-order valence-corrected chi connectivity index (χ2v) is 10.1. The third kappa shape index (κ3) is 5.32. The average molecular weight is 535 g/mol. The summed E-state index contributed by atoms with van der Waals surface area (Å²) in [6.45, 7) is 4.48. The number of nitrogens with two attached hydrogens (primary N) is 2. The van der Waals surface area contributed by atoms with E-state index in [2.05, 4.69) is 25.6 Å². The van der Waals surface area contributed by atoms with Crippen molar-refractivity contribution in [2.75, 3.05) is 18.1 Å². The quantitative estimate of drug-likeness (QED) is 0.341. The molecule has 188 valence electrons. The van der Waals surface area contributed by atoms with E-state index in [-0.39, 0.29) is 0 Å². The van der Waals surface area contributed by atoms with E-state index in [1.807, 2.05) is 32.2 Å². The van der Waals surface area contributed by atoms with E-state index < -0.39 is 11.8 Å². The van der Waals surface area contributed by atoms with Gasteiger partial charge in [0.2, 0.25) is 0 Å². The molecule has 0 unspecified atom stereocenters. The van der Waals surface area contributed by atoms with Crippen LogP contribution in [0.5, 0.6) is 0 Å². The zero-order valence-electron chi connectivity index (χ0n) is 20.0. The van der Waals surface area contributed by atoms with Gasteiger partial charge in [0, 0.05) is 27.7 Å². The van der Waals surface area contributed by atoms with Crippen LogP contribution in [0.4, 0.5) is 0 Å². The Kier molecular flexibility index (Phi) is 7.85. The minimum atomic E-state index is -0.504. The van der Waals surface area contributed by atoms with E-state index in [1.54, 1.807) is 33.1 Å². The maximum Gasteiger partial charge on any atom is 0.251 e. The van der Waals surface area contributed by atoms with Gasteiger partial charge in [-0.2, -0.15) is 20.6 Å². The van der Waals surface area contributed by atoms with Crippen molar-refractivity contribution in [3.63, 3.8) is 0 Å². The van der Waals surface area contributed by atoms with Crippen LogP contribution < -0.4 is 11.5 Å². The van der Waals surface area contributed by atoms with Crippen molar-refractivity contribution in [1.82, 2.24) is 19.2 Å². The number of aromatic nitrogens is 4. The van der Waals surface area contributed by atoms with Gasteiger partial charge in [0.25, 0.3) is 11.8 Å². The van der Waals surface area contributed by atoms with Gasteiger partial charge in [-0.1, -0.05) is 13.8 Å². The van der Waals surface area contributed by atoms with Crippen LogP contribution in [0.15, 0.2) is 62.1 Å². The van der Waals surface area contributed by atoms with Crippen molar-refractivity contribution in [2.24, 2.45) is 26.9 Å². The van der Waals surface area contributed by atoms with Crippen LogP contribution in [0, 0.1) is 11.3 Å². The first-order valence-corrected chi connectivity index (χ1v) is 13.1. The normalized spacial score (nSPS) is 12.3. The second-order valence-electron chi connectivity index (χ2n) is 7.53. The molecule has 5 heterocycles. The van der Waals surface area contributed by atoms with E-state index in [0.717, 1.165) is 43.6 Å². The molecule has 0 fully saturated rings. The third-order valence-electron chi connectivity index (χ3n) is 5.20. The molecule has 0 bridgehead atoms. The fourth-order valence-corrected chi connectivity index (χ4v) is 5.39. The smallest absolute Gasteiger partial charge is 0.251 e. The van der Waals surface area contributed by atoms with Crippen molar-refractivity contribution in [3.05, 3.63) is 59.2 Å². The van der Waals surface area contributed by atoms with Crippen LogP contribution in [0.1, 0.15) is 45.7 Å². The van der Waals surface area contributed by atoms with Gasteiger partial charge in [-0.3, -0.25) is 9.59 Å². The molecule has 2 amide bonds. The molecule has 37 heavy (non-hydrogen) atoms. The standard InChI is InChI=1S/C12H12N6OS.C11H10N4OS/c1-2-20-11-8(12(13)19)4-15-18-6-7(3-10(11)18)9-5-14-17-16-9;1-2-17-10-8(11(13)16)5-14-15-6-7(4-12)3-9(10)15/h3-4,6H,2,5H2,1H3,(H2,13,19);3,5-6H,2H2,1H3,(H2,13,16). The predicted molar refractivity (Wildman–Crippen MR) is 141 cm³/mol. The summed E-state index contributed by atoms with van der Waals surface area (Å²) in [5, 5.41) is 28.6. The van der Waals surface area contributed by atoms with Crippen LogP contribution in [0.3, 0.4) is 0 Å². The Hall–Kier alpha value is -4.22. The van der Waals surface area contributed by atoms with Crippen LogP contribution in [-0.2, 0) is 0 Å². The molecule has 4 N–H and O–H groups in total. The van der Waals surface area contributed by atoms with Gasteiger partial charge in [-0.25, -0.2) is 9.03 Å². The minimum Gasteiger partial charge on any atom is -0.366 e. The van der Waals surface area contributed by atoms with Gasteiger partial charge in [0.15, 0.2) is 0 Å². The number of rotatable bonds is 7. The molecule has 5 rings (SSSR count). The highest BCUT2D eigenvalue weighted by molar-refractivity contribution is 7.99. The average Bonchev–Trinajstić information content (AvgIpc) is 3.63. The first-order chi connectivity index (χ1) is 17.9. The molecule has 4 aromatic heterocycles. The third-order valence-corrected chi connectivity index (χ3v) is 7.21. The molecular weight excluding hydrogens is 512 g/mol. The molecule has 0 radical (unpaired) electrons. The van der Waals surface area contributed by atoms with E-state index in [0.29, 0.717) is 23.2 Å². The van der Waals surface area contributed by atoms with Gasteiger partial charge < -0.3 is 11.5 Å². The van der Waals surface area contributed by atoms with Crippen LogP contribution >= 0.6 is 23.5 Å². The lowest BCUT2D eigenvalue weighted by Gasteiger charge is -2.06. The topological polar surface area (TPSA) is 182 Å². The second kappa shape index (κ2) is 11.2. The molecular formula is C23H22N10O2S2. The fraction of sp³-hybridized carbons (Fsp3) is 0.217. The van der Waals surface area contributed by atoms with E-state index in [4.69, 9.17) is 16.7 Å². The SMILES string of the molecule is CCSc1c(C(N)=O)cnn2cc(C#N)cc12.CCSc1c(C(N)=O)cnn2cc(C3=NN=NC3)cc12. The summed E-state index contributed by atoms with van der Waals surface area (Å²) in [6, 6.07) is 5.69. The number of hydrogen-bond acceptors (Lipinski definition) is 10. The summed E-state index contributed by atoms with van der Waals surface area (Å²) >= 11 is 3.08. The first-order valence-electron chi connectivity index (χ1n) is 11.1. The Morgan fingerprint density at radius 1 is 0.973 bits per heavy atom. The first kappa shape index (κ1) is 25.9. The Morgan fingerprint density at radius 2 is 1.54 bits per heavy atom. The molecule has 0 atom stereocenters. The number of amides is 2. The number of nitrogens with zero attached hydrogens (tertiary/aromatic N) is 8. The summed E-state index contributed by atoms with van der Waals surface area (Å²) in [5.74, 6) is 0.677. The predicted octanol–water partition coefficient (Wildman–Crippen LogP) is 3.13. The summed E-state index contributed by atoms with van der Waals surface area (Å²) in [5.41, 5.74) is 15.4. The molecule has 0 saturated carbocycles. The Morgan fingerprint density at radius 3 is 2.03 bits per heavy atom. The van der Waals surface area contributed by atoms with Crippen molar-refractivity contribution in [1.29, 1.82) is 5.26 Å². The zero-order chi connectivity index (χ0) is 26.5. The molecule has 0 spiro atoms. The number of nitriles is 1. The Balaban J connectivity index is 0.000000176. The highest BCUT2D eigenvalue weighted by atomic mass is 32.2. The number of thioether (sulfide) groups is 2. The lowest BCUT2D eigenvalue weighted by molar-refractivity contribution is 0.0988. The molecule has 0 aliphatic carbocycles. The summed E-state index contributed by atoms with van der Waals surface area (Å²) in [4.78, 5) is 24.4. The van der Waals surface area contributed by atoms with Crippen LogP contribution in [-0.4, -0.2) is 54.8 Å². The van der Waals surface area contributed by atoms with Gasteiger partial charge >= 0.3 is 0 Å². The van der Waals surface area contributed by atoms with Crippen LogP contribution in [0.25, 0.3) is 11.0 Å². The van der Waals surface area contributed by atoms with Gasteiger partial charge in [-0.15, -0.1) is 28.6 Å². The lowest BCUT2D eigenvalue weighted by atomic mass is 10.2. The number of primary amides is 2. The molecule has 1 aliphatic rings. The summed E-state index contributed by atoms with van der Waals surface area (Å²) in [6.07, 6.45) is 6.42. The highest BCUT2D eigenvalue weighted by Gasteiger charge is 2.18. The largest absolute Gasteiger partial charge is 0.366 e. The van der Waals surface area contributed by atoms with Gasteiger partial charge in [0.1, 0.15) is 12.6 Å². The van der Waals surface area contributed by atoms with Crippen molar-refractivity contribution in [3.8, 4) is 6.07 Å². The van der Waals surface area contributed by atoms with Crippen molar-refractivity contribution >= 4 is 52.1 Å². The Bertz CT molecular complexity index is 1610. The Labute approximate surface area is 219 Å². The number of carbonyl (C=O) groups is 2. The maximum absolute atomic E-state index is 11.5. The minimum absolute atomic E-state index is 0.395. The van der Waals surface area contributed by atoms with Crippen molar-refractivity contribution in [2.45, 2.75) is 23.6 Å². The molecule has 4 aromatic rings. The maximum atomic E-state index is 11.5. The highest BCUT2D eigenvalue weighted by Crippen LogP contribution is 2.29. The van der Waals surface area contributed by atoms with E-state index in [1.165, 1.54) is 24.2 Å². The number of fused-ring (bicyclic) bond motifs is 2. The van der Waals surface area contributed by atoms with Gasteiger partial charge in [0.05, 0.1) is 45.8 Å². The fourth-order valence-electron chi connectivity index (χ4n) is 3.59. The zero-order valence-corrected chi connectivity index (χ0v) is 21.6. The number of carbonyl (C=O) groups excluding carboxylic acids is 2. The summed E-state index contributed by atoms with van der Waals surface area (Å²) < 4.78 is 3.31. The number of hydrogen-bond donors (Lipinski definition) is 2. The molecule has 12 nitrogen and oxygen atoms in total. The monoisotopic (exact) mass is 534 g/mol. The summed E-state index contributed by atoms with van der Waals surface area (Å²) in [7, 11) is 0. The molecule has 0 aromatic carbocycles. The van der Waals surface area contributed by atoms with Gasteiger partial charge in [-0.05, 0) is 28.9 Å². The molecule has 0 saturated heterocycles. The van der Waals surface area contributed by atoms with Crippen molar-refractivity contribution < 1.29 is 9.59 Å². The van der Waals surface area contributed by atoms with Crippen LogP contribution in [0.2, 0.25) is 0 Å².